The molecule has 20 heavy (non-hydrogen) atoms. The Morgan fingerprint density at radius 3 is 2.80 bits per heavy atom. The van der Waals surface area contributed by atoms with Gasteiger partial charge in [0.05, 0.1) is 11.9 Å². The normalized spacial score (nSPS) is 11.1. The number of nitrogens with zero attached hydrogens (tertiary/aromatic N) is 2. The van der Waals surface area contributed by atoms with E-state index in [-0.39, 0.29) is 0 Å². The van der Waals surface area contributed by atoms with Crippen molar-refractivity contribution in [3.63, 3.8) is 0 Å². The first-order valence-electron chi connectivity index (χ1n) is 6.18. The Balaban J connectivity index is 1.67. The molecule has 0 unspecified atom stereocenters. The van der Waals surface area contributed by atoms with Gasteiger partial charge in [-0.05, 0) is 19.1 Å². The van der Waals surface area contributed by atoms with Crippen molar-refractivity contribution in [1.82, 2.24) is 4.98 Å². The van der Waals surface area contributed by atoms with Crippen LogP contribution in [0.3, 0.4) is 0 Å². The summed E-state index contributed by atoms with van der Waals surface area (Å²) in [6.07, 6.45) is 1.64. The molecule has 2 heterocycles. The Kier molecular flexibility index (Phi) is 3.60. The lowest BCUT2D eigenvalue weighted by Crippen LogP contribution is -1.89. The smallest absolute Gasteiger partial charge is 0.203 e. The predicted molar refractivity (Wildman–Crippen MR) is 82.2 cm³/mol. The van der Waals surface area contributed by atoms with Crippen LogP contribution in [-0.2, 0) is 0 Å². The third-order valence-corrected chi connectivity index (χ3v) is 3.43. The van der Waals surface area contributed by atoms with Crippen LogP contribution in [0.25, 0.3) is 11.3 Å². The molecule has 0 atom stereocenters. The molecule has 0 aliphatic heterocycles. The third-order valence-electron chi connectivity index (χ3n) is 2.69. The number of benzene rings is 1. The van der Waals surface area contributed by atoms with Crippen LogP contribution in [0, 0.1) is 6.92 Å². The predicted octanol–water partition coefficient (Wildman–Crippen LogP) is 4.16. The van der Waals surface area contributed by atoms with Gasteiger partial charge < -0.3 is 4.42 Å². The summed E-state index contributed by atoms with van der Waals surface area (Å²) in [7, 11) is 0. The molecule has 100 valence electrons. The molecule has 2 aromatic heterocycles. The number of rotatable bonds is 4. The average Bonchev–Trinajstić information content (AvgIpc) is 3.09. The lowest BCUT2D eigenvalue weighted by Gasteiger charge is -1.94. The molecule has 0 amide bonds. The van der Waals surface area contributed by atoms with Gasteiger partial charge in [-0.1, -0.05) is 30.3 Å². The van der Waals surface area contributed by atoms with Crippen molar-refractivity contribution in [2.75, 3.05) is 5.43 Å². The van der Waals surface area contributed by atoms with E-state index in [0.717, 1.165) is 27.9 Å². The summed E-state index contributed by atoms with van der Waals surface area (Å²) in [6, 6.07) is 13.8. The summed E-state index contributed by atoms with van der Waals surface area (Å²) in [4.78, 5) is 4.48. The average molecular weight is 283 g/mol. The second-order valence-electron chi connectivity index (χ2n) is 4.22. The van der Waals surface area contributed by atoms with Gasteiger partial charge in [-0.2, -0.15) is 5.10 Å². The topological polar surface area (TPSA) is 50.4 Å². The van der Waals surface area contributed by atoms with Gasteiger partial charge in [0.15, 0.2) is 0 Å². The van der Waals surface area contributed by atoms with Crippen molar-refractivity contribution >= 4 is 22.7 Å². The second-order valence-corrected chi connectivity index (χ2v) is 5.08. The Hall–Kier alpha value is -2.40. The number of thiazole rings is 1. The summed E-state index contributed by atoms with van der Waals surface area (Å²) < 4.78 is 5.39. The highest BCUT2D eigenvalue weighted by Crippen LogP contribution is 2.24. The fraction of sp³-hybridized carbons (Fsp3) is 0.0667. The molecule has 1 N–H and O–H groups in total. The Morgan fingerprint density at radius 1 is 1.20 bits per heavy atom. The third kappa shape index (κ3) is 2.95. The Morgan fingerprint density at radius 2 is 2.05 bits per heavy atom. The van der Waals surface area contributed by atoms with Crippen molar-refractivity contribution in [2.24, 2.45) is 5.10 Å². The number of hydrogen-bond acceptors (Lipinski definition) is 5. The molecule has 3 rings (SSSR count). The minimum atomic E-state index is 0.717. The lowest BCUT2D eigenvalue weighted by molar-refractivity contribution is 0.528. The Labute approximate surface area is 120 Å². The molecule has 1 aromatic carbocycles. The van der Waals surface area contributed by atoms with Gasteiger partial charge in [0.2, 0.25) is 5.13 Å². The quantitative estimate of drug-likeness (QED) is 0.578. The van der Waals surface area contributed by atoms with Gasteiger partial charge in [-0.15, -0.1) is 11.3 Å². The standard InChI is InChI=1S/C15H13N3OS/c1-11-7-8-13(19-11)9-16-18-15-17-14(10-20-15)12-5-3-2-4-6-12/h2-10H,1H3,(H,17,18)/b16-9-. The van der Waals surface area contributed by atoms with E-state index in [1.165, 1.54) is 11.3 Å². The molecular weight excluding hydrogens is 270 g/mol. The van der Waals surface area contributed by atoms with Gasteiger partial charge in [0.1, 0.15) is 11.5 Å². The monoisotopic (exact) mass is 283 g/mol. The number of aromatic nitrogens is 1. The van der Waals surface area contributed by atoms with Crippen LogP contribution in [0.1, 0.15) is 11.5 Å². The highest BCUT2D eigenvalue weighted by atomic mass is 32.1. The molecule has 0 aliphatic carbocycles. The number of furan rings is 1. The Bertz CT molecular complexity index is 716. The minimum absolute atomic E-state index is 0.717. The molecule has 0 aliphatic rings. The number of aryl methyl sites for hydroxylation is 1. The van der Waals surface area contributed by atoms with Crippen LogP contribution in [0.2, 0.25) is 0 Å². The maximum absolute atomic E-state index is 5.39. The first-order chi connectivity index (χ1) is 9.81. The molecule has 0 radical (unpaired) electrons. The molecule has 3 aromatic rings. The molecule has 0 bridgehead atoms. The van der Waals surface area contributed by atoms with Crippen molar-refractivity contribution in [2.45, 2.75) is 6.92 Å². The number of nitrogens with one attached hydrogen (secondary N) is 1. The first-order valence-corrected chi connectivity index (χ1v) is 7.06. The van der Waals surface area contributed by atoms with Crippen molar-refractivity contribution in [1.29, 1.82) is 0 Å². The van der Waals surface area contributed by atoms with Crippen LogP contribution in [0.15, 0.2) is 57.4 Å². The SMILES string of the molecule is Cc1ccc(/C=N\Nc2nc(-c3ccccc3)cs2)o1. The lowest BCUT2D eigenvalue weighted by atomic mass is 10.2. The van der Waals surface area contributed by atoms with Crippen LogP contribution < -0.4 is 5.43 Å². The van der Waals surface area contributed by atoms with Crippen molar-refractivity contribution in [3.05, 3.63) is 59.4 Å². The van der Waals surface area contributed by atoms with E-state index in [9.17, 15) is 0 Å². The van der Waals surface area contributed by atoms with Gasteiger partial charge >= 0.3 is 0 Å². The van der Waals surface area contributed by atoms with E-state index < -0.39 is 0 Å². The van der Waals surface area contributed by atoms with Gasteiger partial charge in [-0.25, -0.2) is 4.98 Å². The zero-order valence-electron chi connectivity index (χ0n) is 10.9. The van der Waals surface area contributed by atoms with E-state index in [4.69, 9.17) is 4.42 Å². The molecule has 4 nitrogen and oxygen atoms in total. The summed E-state index contributed by atoms with van der Waals surface area (Å²) in [5, 5.41) is 6.87. The molecule has 0 spiro atoms. The number of anilines is 1. The molecule has 0 saturated carbocycles. The van der Waals surface area contributed by atoms with Gasteiger partial charge in [0, 0.05) is 10.9 Å². The molecule has 0 fully saturated rings. The fourth-order valence-electron chi connectivity index (χ4n) is 1.74. The van der Waals surface area contributed by atoms with Crippen LogP contribution >= 0.6 is 11.3 Å². The van der Waals surface area contributed by atoms with Crippen molar-refractivity contribution in [3.8, 4) is 11.3 Å². The number of hydrazone groups is 1. The zero-order chi connectivity index (χ0) is 13.8. The van der Waals surface area contributed by atoms with Crippen LogP contribution in [0.5, 0.6) is 0 Å². The van der Waals surface area contributed by atoms with E-state index in [1.54, 1.807) is 6.21 Å². The zero-order valence-corrected chi connectivity index (χ0v) is 11.7. The first kappa shape index (κ1) is 12.6. The second kappa shape index (κ2) is 5.71. The van der Waals surface area contributed by atoms with Crippen molar-refractivity contribution < 1.29 is 4.42 Å². The summed E-state index contributed by atoms with van der Waals surface area (Å²) in [6.45, 7) is 1.90. The van der Waals surface area contributed by atoms with Crippen LogP contribution in [0.4, 0.5) is 5.13 Å². The number of hydrogen-bond donors (Lipinski definition) is 1. The maximum atomic E-state index is 5.39. The van der Waals surface area contributed by atoms with Gasteiger partial charge in [0.25, 0.3) is 0 Å². The van der Waals surface area contributed by atoms with Crippen LogP contribution in [-0.4, -0.2) is 11.2 Å². The highest BCUT2D eigenvalue weighted by Gasteiger charge is 2.02. The molecule has 0 saturated heterocycles. The highest BCUT2D eigenvalue weighted by molar-refractivity contribution is 7.14. The molecule has 5 heteroatoms. The minimum Gasteiger partial charge on any atom is -0.460 e. The summed E-state index contributed by atoms with van der Waals surface area (Å²) in [5.41, 5.74) is 4.96. The van der Waals surface area contributed by atoms with E-state index in [0.29, 0.717) is 0 Å². The maximum Gasteiger partial charge on any atom is 0.203 e. The largest absolute Gasteiger partial charge is 0.460 e. The van der Waals surface area contributed by atoms with E-state index in [2.05, 4.69) is 15.5 Å². The summed E-state index contributed by atoms with van der Waals surface area (Å²) in [5.74, 6) is 1.59. The van der Waals surface area contributed by atoms with E-state index in [1.807, 2.05) is 54.8 Å². The van der Waals surface area contributed by atoms with Gasteiger partial charge in [-0.3, -0.25) is 5.43 Å². The fourth-order valence-corrected chi connectivity index (χ4v) is 2.41. The van der Waals surface area contributed by atoms with E-state index >= 15 is 0 Å². The summed E-state index contributed by atoms with van der Waals surface area (Å²) >= 11 is 1.52. The molecular formula is C15H13N3OS.